The zero-order valence-corrected chi connectivity index (χ0v) is 14.6. The maximum absolute atomic E-state index is 10.4. The van der Waals surface area contributed by atoms with Crippen LogP contribution >= 0.6 is 0 Å². The van der Waals surface area contributed by atoms with Gasteiger partial charge in [0.1, 0.15) is 13.2 Å². The van der Waals surface area contributed by atoms with E-state index in [0.717, 1.165) is 29.5 Å². The zero-order chi connectivity index (χ0) is 17.8. The van der Waals surface area contributed by atoms with Crippen LogP contribution in [-0.2, 0) is 18.8 Å². The summed E-state index contributed by atoms with van der Waals surface area (Å²) < 4.78 is 12.0. The molecule has 1 aliphatic carbocycles. The van der Waals surface area contributed by atoms with Crippen molar-refractivity contribution in [2.75, 3.05) is 0 Å². The molecule has 0 bridgehead atoms. The minimum absolute atomic E-state index is 0.463. The van der Waals surface area contributed by atoms with E-state index < -0.39 is 5.60 Å². The highest BCUT2D eigenvalue weighted by Crippen LogP contribution is 2.47. The van der Waals surface area contributed by atoms with E-state index in [1.807, 2.05) is 78.9 Å². The Bertz CT molecular complexity index is 855. The molecule has 1 N–H and O–H groups in total. The van der Waals surface area contributed by atoms with Gasteiger partial charge in [0.2, 0.25) is 0 Å². The summed E-state index contributed by atoms with van der Waals surface area (Å²) >= 11 is 0. The van der Waals surface area contributed by atoms with Crippen LogP contribution in [0.1, 0.15) is 29.5 Å². The van der Waals surface area contributed by atoms with E-state index in [1.54, 1.807) is 0 Å². The number of aliphatic hydroxyl groups is 1. The standard InChI is InChI=1S/C23H22O3/c24-23(13-14-23)20-11-12-21(25-16-18-7-3-1-4-8-18)22(15-20)26-17-19-9-5-2-6-10-19/h1-12,15,24H,13-14,16-17H2. The minimum Gasteiger partial charge on any atom is -0.485 e. The Balaban J connectivity index is 1.53. The normalized spacial score (nSPS) is 14.7. The molecule has 26 heavy (non-hydrogen) atoms. The van der Waals surface area contributed by atoms with E-state index >= 15 is 0 Å². The van der Waals surface area contributed by atoms with E-state index in [2.05, 4.69) is 0 Å². The average molecular weight is 346 g/mol. The quantitative estimate of drug-likeness (QED) is 0.666. The van der Waals surface area contributed by atoms with Gasteiger partial charge in [-0.15, -0.1) is 0 Å². The number of ether oxygens (including phenoxy) is 2. The zero-order valence-electron chi connectivity index (χ0n) is 14.6. The van der Waals surface area contributed by atoms with Crippen LogP contribution in [-0.4, -0.2) is 5.11 Å². The summed E-state index contributed by atoms with van der Waals surface area (Å²) in [4.78, 5) is 0. The Morgan fingerprint density at radius 3 is 1.77 bits per heavy atom. The fourth-order valence-corrected chi connectivity index (χ4v) is 2.91. The van der Waals surface area contributed by atoms with Gasteiger partial charge in [0, 0.05) is 0 Å². The highest BCUT2D eigenvalue weighted by molar-refractivity contribution is 5.46. The van der Waals surface area contributed by atoms with Crippen LogP contribution in [0.5, 0.6) is 11.5 Å². The molecule has 1 saturated carbocycles. The second-order valence-electron chi connectivity index (χ2n) is 6.74. The lowest BCUT2D eigenvalue weighted by Crippen LogP contribution is -2.06. The fraction of sp³-hybridized carbons (Fsp3) is 0.217. The molecule has 0 aliphatic heterocycles. The SMILES string of the molecule is OC1(c2ccc(OCc3ccccc3)c(OCc3ccccc3)c2)CC1. The van der Waals surface area contributed by atoms with Crippen LogP contribution < -0.4 is 9.47 Å². The Hall–Kier alpha value is -2.78. The molecule has 1 fully saturated rings. The van der Waals surface area contributed by atoms with Crippen LogP contribution in [0, 0.1) is 0 Å². The van der Waals surface area contributed by atoms with Crippen molar-refractivity contribution in [3.8, 4) is 11.5 Å². The maximum Gasteiger partial charge on any atom is 0.162 e. The Morgan fingerprint density at radius 1 is 0.692 bits per heavy atom. The third kappa shape index (κ3) is 3.89. The number of benzene rings is 3. The molecule has 1 aliphatic rings. The summed E-state index contributed by atoms with van der Waals surface area (Å²) in [6.45, 7) is 0.941. The molecule has 0 atom stereocenters. The van der Waals surface area contributed by atoms with Gasteiger partial charge in [-0.05, 0) is 41.7 Å². The molecule has 3 aromatic carbocycles. The molecule has 0 radical (unpaired) electrons. The monoisotopic (exact) mass is 346 g/mol. The molecule has 0 heterocycles. The summed E-state index contributed by atoms with van der Waals surface area (Å²) in [5.74, 6) is 1.36. The van der Waals surface area contributed by atoms with Gasteiger partial charge in [-0.1, -0.05) is 66.7 Å². The van der Waals surface area contributed by atoms with Gasteiger partial charge in [-0.25, -0.2) is 0 Å². The van der Waals surface area contributed by atoms with Crippen molar-refractivity contribution in [3.05, 3.63) is 95.6 Å². The first-order valence-corrected chi connectivity index (χ1v) is 8.93. The van der Waals surface area contributed by atoms with Crippen LogP contribution in [0.25, 0.3) is 0 Å². The summed E-state index contributed by atoms with van der Waals surface area (Å²) in [7, 11) is 0. The Kier molecular flexibility index (Phi) is 4.63. The number of hydrogen-bond donors (Lipinski definition) is 1. The van der Waals surface area contributed by atoms with Gasteiger partial charge < -0.3 is 14.6 Å². The highest BCUT2D eigenvalue weighted by atomic mass is 16.5. The lowest BCUT2D eigenvalue weighted by atomic mass is 10.1. The molecule has 0 saturated heterocycles. The molecule has 0 unspecified atom stereocenters. The fourth-order valence-electron chi connectivity index (χ4n) is 2.91. The van der Waals surface area contributed by atoms with Crippen LogP contribution in [0.4, 0.5) is 0 Å². The van der Waals surface area contributed by atoms with Crippen molar-refractivity contribution in [2.24, 2.45) is 0 Å². The van der Waals surface area contributed by atoms with Gasteiger partial charge in [0.05, 0.1) is 5.60 Å². The van der Waals surface area contributed by atoms with Gasteiger partial charge in [0.25, 0.3) is 0 Å². The predicted octanol–water partition coefficient (Wildman–Crippen LogP) is 4.83. The summed E-state index contributed by atoms with van der Waals surface area (Å²) in [5.41, 5.74) is 2.40. The van der Waals surface area contributed by atoms with Crippen LogP contribution in [0.2, 0.25) is 0 Å². The molecule has 132 valence electrons. The average Bonchev–Trinajstić information content (AvgIpc) is 3.45. The van der Waals surface area contributed by atoms with Crippen molar-refractivity contribution in [1.29, 1.82) is 0 Å². The van der Waals surface area contributed by atoms with Crippen LogP contribution in [0.15, 0.2) is 78.9 Å². The molecule has 0 spiro atoms. The topological polar surface area (TPSA) is 38.7 Å². The summed E-state index contributed by atoms with van der Waals surface area (Å²) in [6, 6.07) is 25.8. The summed E-state index contributed by atoms with van der Waals surface area (Å²) in [6.07, 6.45) is 1.60. The van der Waals surface area contributed by atoms with Gasteiger partial charge in [-0.3, -0.25) is 0 Å². The summed E-state index contributed by atoms with van der Waals surface area (Å²) in [5, 5.41) is 10.4. The molecule has 4 rings (SSSR count). The van der Waals surface area contributed by atoms with E-state index in [1.165, 1.54) is 0 Å². The first-order valence-electron chi connectivity index (χ1n) is 8.93. The number of rotatable bonds is 7. The lowest BCUT2D eigenvalue weighted by Gasteiger charge is -2.16. The van der Waals surface area contributed by atoms with Crippen molar-refractivity contribution in [3.63, 3.8) is 0 Å². The molecular weight excluding hydrogens is 324 g/mol. The van der Waals surface area contributed by atoms with Gasteiger partial charge in [-0.2, -0.15) is 0 Å². The smallest absolute Gasteiger partial charge is 0.162 e. The molecule has 0 aromatic heterocycles. The van der Waals surface area contributed by atoms with Crippen molar-refractivity contribution < 1.29 is 14.6 Å². The van der Waals surface area contributed by atoms with Gasteiger partial charge >= 0.3 is 0 Å². The largest absolute Gasteiger partial charge is 0.485 e. The van der Waals surface area contributed by atoms with E-state index in [0.29, 0.717) is 24.7 Å². The third-order valence-corrected chi connectivity index (χ3v) is 4.68. The van der Waals surface area contributed by atoms with Crippen molar-refractivity contribution in [1.82, 2.24) is 0 Å². The molecule has 3 heteroatoms. The van der Waals surface area contributed by atoms with E-state index in [4.69, 9.17) is 9.47 Å². The van der Waals surface area contributed by atoms with Gasteiger partial charge in [0.15, 0.2) is 11.5 Å². The van der Waals surface area contributed by atoms with Crippen molar-refractivity contribution >= 4 is 0 Å². The second kappa shape index (κ2) is 7.22. The first kappa shape index (κ1) is 16.7. The minimum atomic E-state index is -0.692. The molecule has 3 nitrogen and oxygen atoms in total. The lowest BCUT2D eigenvalue weighted by molar-refractivity contribution is 0.150. The predicted molar refractivity (Wildman–Crippen MR) is 101 cm³/mol. The van der Waals surface area contributed by atoms with Crippen molar-refractivity contribution in [2.45, 2.75) is 31.7 Å². The number of hydrogen-bond acceptors (Lipinski definition) is 3. The molecular formula is C23H22O3. The van der Waals surface area contributed by atoms with E-state index in [9.17, 15) is 5.11 Å². The highest BCUT2D eigenvalue weighted by Gasteiger charge is 2.42. The van der Waals surface area contributed by atoms with E-state index in [-0.39, 0.29) is 0 Å². The molecule has 3 aromatic rings. The third-order valence-electron chi connectivity index (χ3n) is 4.68. The van der Waals surface area contributed by atoms with Crippen LogP contribution in [0.3, 0.4) is 0 Å². The first-order chi connectivity index (χ1) is 12.7. The maximum atomic E-state index is 10.4. The Labute approximate surface area is 153 Å². The second-order valence-corrected chi connectivity index (χ2v) is 6.74. The molecule has 0 amide bonds. The Morgan fingerprint density at radius 2 is 1.23 bits per heavy atom.